The van der Waals surface area contributed by atoms with E-state index >= 15 is 0 Å². The summed E-state index contributed by atoms with van der Waals surface area (Å²) in [6, 6.07) is 14.7. The first-order valence-electron chi connectivity index (χ1n) is 7.92. The number of halogens is 2. The molecule has 1 atom stereocenters. The van der Waals surface area contributed by atoms with Crippen LogP contribution in [-0.2, 0) is 0 Å². The summed E-state index contributed by atoms with van der Waals surface area (Å²) in [5.41, 5.74) is 1.83. The van der Waals surface area contributed by atoms with Gasteiger partial charge in [0.15, 0.2) is 0 Å². The zero-order valence-electron chi connectivity index (χ0n) is 13.9. The van der Waals surface area contributed by atoms with Gasteiger partial charge in [0.05, 0.1) is 6.04 Å². The van der Waals surface area contributed by atoms with E-state index in [1.807, 2.05) is 0 Å². The maximum Gasteiger partial charge on any atom is 0.270 e. The third-order valence-electron chi connectivity index (χ3n) is 3.90. The molecule has 0 bridgehead atoms. The number of carbonyl (C=O) groups excluding carboxylic acids is 1. The van der Waals surface area contributed by atoms with E-state index in [2.05, 4.69) is 10.3 Å². The smallest absolute Gasteiger partial charge is 0.270 e. The Morgan fingerprint density at radius 1 is 1.15 bits per heavy atom. The fraction of sp³-hybridized carbons (Fsp3) is 0.100. The molecule has 3 rings (SSSR count). The number of nitrogens with one attached hydrogen (secondary N) is 1. The molecule has 1 amide bonds. The molecule has 0 unspecified atom stereocenters. The van der Waals surface area contributed by atoms with Gasteiger partial charge in [-0.3, -0.25) is 4.79 Å². The number of benzene rings is 2. The van der Waals surface area contributed by atoms with Crippen LogP contribution < -0.4 is 5.32 Å². The van der Waals surface area contributed by atoms with Gasteiger partial charge in [-0.2, -0.15) is 0 Å². The van der Waals surface area contributed by atoms with E-state index in [1.165, 1.54) is 12.1 Å². The average molecular weight is 371 g/mol. The standard InChI is InChI=1S/C20H16ClFN2O2/c1-12-3-2-4-17(23-12)20(26)24-19(13-5-7-14(21)8-6-13)16-11-15(22)9-10-18(16)25/h2-11,19,25H,1H3,(H,24,26)/t19-/m1/s1. The van der Waals surface area contributed by atoms with E-state index < -0.39 is 17.8 Å². The van der Waals surface area contributed by atoms with Crippen LogP contribution in [-0.4, -0.2) is 16.0 Å². The molecule has 26 heavy (non-hydrogen) atoms. The van der Waals surface area contributed by atoms with Crippen molar-refractivity contribution in [3.63, 3.8) is 0 Å². The largest absolute Gasteiger partial charge is 0.508 e. The third-order valence-corrected chi connectivity index (χ3v) is 4.15. The molecule has 4 nitrogen and oxygen atoms in total. The monoisotopic (exact) mass is 370 g/mol. The highest BCUT2D eigenvalue weighted by atomic mass is 35.5. The fourth-order valence-electron chi connectivity index (χ4n) is 2.63. The molecule has 3 aromatic rings. The zero-order chi connectivity index (χ0) is 18.7. The van der Waals surface area contributed by atoms with E-state index in [-0.39, 0.29) is 17.0 Å². The van der Waals surface area contributed by atoms with Gasteiger partial charge in [-0.25, -0.2) is 9.37 Å². The summed E-state index contributed by atoms with van der Waals surface area (Å²) in [4.78, 5) is 16.8. The fourth-order valence-corrected chi connectivity index (χ4v) is 2.75. The molecule has 0 aliphatic carbocycles. The van der Waals surface area contributed by atoms with Gasteiger partial charge in [0.1, 0.15) is 17.3 Å². The molecule has 0 aliphatic rings. The van der Waals surface area contributed by atoms with Crippen molar-refractivity contribution < 1.29 is 14.3 Å². The summed E-state index contributed by atoms with van der Waals surface area (Å²) in [6.07, 6.45) is 0. The van der Waals surface area contributed by atoms with Crippen molar-refractivity contribution >= 4 is 17.5 Å². The minimum Gasteiger partial charge on any atom is -0.508 e. The highest BCUT2D eigenvalue weighted by Crippen LogP contribution is 2.31. The Morgan fingerprint density at radius 2 is 1.88 bits per heavy atom. The Labute approximate surface area is 155 Å². The summed E-state index contributed by atoms with van der Waals surface area (Å²) in [5, 5.41) is 13.5. The molecule has 0 saturated carbocycles. The second kappa shape index (κ2) is 7.54. The molecular weight excluding hydrogens is 355 g/mol. The predicted octanol–water partition coefficient (Wildman–Crippen LogP) is 4.41. The number of carbonyl (C=O) groups is 1. The van der Waals surface area contributed by atoms with Gasteiger partial charge in [-0.05, 0) is 55.0 Å². The first kappa shape index (κ1) is 17.9. The quantitative estimate of drug-likeness (QED) is 0.715. The molecule has 0 aliphatic heterocycles. The first-order chi connectivity index (χ1) is 12.4. The van der Waals surface area contributed by atoms with Gasteiger partial charge in [0.2, 0.25) is 0 Å². The van der Waals surface area contributed by atoms with Gasteiger partial charge in [0, 0.05) is 16.3 Å². The number of aromatic hydroxyl groups is 1. The number of rotatable bonds is 4. The van der Waals surface area contributed by atoms with Crippen molar-refractivity contribution in [2.24, 2.45) is 0 Å². The number of phenolic OH excluding ortho intramolecular Hbond substituents is 1. The van der Waals surface area contributed by atoms with Crippen LogP contribution in [0.4, 0.5) is 4.39 Å². The van der Waals surface area contributed by atoms with E-state index in [0.29, 0.717) is 16.3 Å². The molecule has 0 saturated heterocycles. The highest BCUT2D eigenvalue weighted by Gasteiger charge is 2.22. The van der Waals surface area contributed by atoms with E-state index in [1.54, 1.807) is 49.4 Å². The number of aromatic nitrogens is 1. The maximum absolute atomic E-state index is 13.7. The Kier molecular flexibility index (Phi) is 5.19. The van der Waals surface area contributed by atoms with Crippen LogP contribution in [0.3, 0.4) is 0 Å². The van der Waals surface area contributed by atoms with Crippen LogP contribution in [0, 0.1) is 12.7 Å². The summed E-state index contributed by atoms with van der Waals surface area (Å²) in [7, 11) is 0. The molecule has 0 spiro atoms. The minimum atomic E-state index is -0.766. The van der Waals surface area contributed by atoms with Crippen molar-refractivity contribution in [1.29, 1.82) is 0 Å². The van der Waals surface area contributed by atoms with E-state index in [0.717, 1.165) is 6.07 Å². The number of amides is 1. The van der Waals surface area contributed by atoms with Crippen molar-refractivity contribution in [2.45, 2.75) is 13.0 Å². The van der Waals surface area contributed by atoms with Crippen LogP contribution in [0.1, 0.15) is 33.4 Å². The van der Waals surface area contributed by atoms with E-state index in [9.17, 15) is 14.3 Å². The van der Waals surface area contributed by atoms with E-state index in [4.69, 9.17) is 11.6 Å². The maximum atomic E-state index is 13.7. The second-order valence-corrected chi connectivity index (χ2v) is 6.26. The molecule has 1 heterocycles. The van der Waals surface area contributed by atoms with Crippen LogP contribution in [0.15, 0.2) is 60.7 Å². The van der Waals surface area contributed by atoms with Crippen molar-refractivity contribution in [3.05, 3.63) is 94.0 Å². The number of nitrogens with zero attached hydrogens (tertiary/aromatic N) is 1. The summed E-state index contributed by atoms with van der Waals surface area (Å²) in [5.74, 6) is -1.07. The first-order valence-corrected chi connectivity index (χ1v) is 8.30. The Balaban J connectivity index is 2.01. The number of aryl methyl sites for hydroxylation is 1. The lowest BCUT2D eigenvalue weighted by Gasteiger charge is -2.21. The summed E-state index contributed by atoms with van der Waals surface area (Å²) < 4.78 is 13.7. The molecule has 2 N–H and O–H groups in total. The van der Waals surface area contributed by atoms with Crippen LogP contribution >= 0.6 is 11.6 Å². The van der Waals surface area contributed by atoms with Crippen LogP contribution in [0.5, 0.6) is 5.75 Å². The Bertz CT molecular complexity index is 945. The molecule has 132 valence electrons. The number of hydrogen-bond donors (Lipinski definition) is 2. The minimum absolute atomic E-state index is 0.121. The highest BCUT2D eigenvalue weighted by molar-refractivity contribution is 6.30. The average Bonchev–Trinajstić information content (AvgIpc) is 2.62. The summed E-state index contributed by atoms with van der Waals surface area (Å²) in [6.45, 7) is 1.78. The lowest BCUT2D eigenvalue weighted by atomic mass is 9.97. The second-order valence-electron chi connectivity index (χ2n) is 5.83. The number of pyridine rings is 1. The van der Waals surface area contributed by atoms with Crippen molar-refractivity contribution in [1.82, 2.24) is 10.3 Å². The lowest BCUT2D eigenvalue weighted by Crippen LogP contribution is -2.30. The SMILES string of the molecule is Cc1cccc(C(=O)N[C@H](c2ccc(Cl)cc2)c2cc(F)ccc2O)n1. The zero-order valence-corrected chi connectivity index (χ0v) is 14.7. The topological polar surface area (TPSA) is 62.2 Å². The van der Waals surface area contributed by atoms with Gasteiger partial charge < -0.3 is 10.4 Å². The normalized spacial score (nSPS) is 11.8. The Morgan fingerprint density at radius 3 is 2.58 bits per heavy atom. The molecular formula is C20H16ClFN2O2. The molecule has 0 radical (unpaired) electrons. The molecule has 1 aromatic heterocycles. The van der Waals surface area contributed by atoms with Gasteiger partial charge in [-0.15, -0.1) is 0 Å². The molecule has 6 heteroatoms. The molecule has 0 fully saturated rings. The van der Waals surface area contributed by atoms with Gasteiger partial charge >= 0.3 is 0 Å². The Hall–Kier alpha value is -2.92. The van der Waals surface area contributed by atoms with Crippen LogP contribution in [0.2, 0.25) is 5.02 Å². The van der Waals surface area contributed by atoms with Crippen LogP contribution in [0.25, 0.3) is 0 Å². The van der Waals surface area contributed by atoms with Crippen molar-refractivity contribution in [2.75, 3.05) is 0 Å². The summed E-state index contributed by atoms with van der Waals surface area (Å²) >= 11 is 5.93. The van der Waals surface area contributed by atoms with Gasteiger partial charge in [0.25, 0.3) is 5.91 Å². The molecule has 2 aromatic carbocycles. The number of hydrogen-bond acceptors (Lipinski definition) is 3. The van der Waals surface area contributed by atoms with Gasteiger partial charge in [-0.1, -0.05) is 29.8 Å². The predicted molar refractivity (Wildman–Crippen MR) is 97.8 cm³/mol. The third kappa shape index (κ3) is 4.00. The lowest BCUT2D eigenvalue weighted by molar-refractivity contribution is 0.0937. The van der Waals surface area contributed by atoms with Crippen molar-refractivity contribution in [3.8, 4) is 5.75 Å². The number of phenols is 1.